The molecule has 0 saturated heterocycles. The summed E-state index contributed by atoms with van der Waals surface area (Å²) in [7, 11) is 0. The Bertz CT molecular complexity index is 368. The maximum atomic E-state index is 4.35. The number of aliphatic imine (C=N–C) groups is 1. The molecule has 0 unspecified atom stereocenters. The Hall–Kier alpha value is -0.968. The Labute approximate surface area is 110 Å². The molecular formula is C13H13NPb. The Balaban J connectivity index is 0.00000112. The minimum absolute atomic E-state index is 0. The van der Waals surface area contributed by atoms with E-state index in [1.807, 2.05) is 66.9 Å². The summed E-state index contributed by atoms with van der Waals surface area (Å²) in [5.41, 5.74) is 2.10. The molecule has 0 amide bonds. The van der Waals surface area contributed by atoms with Crippen LogP contribution in [0.5, 0.6) is 0 Å². The molecule has 2 radical (unpaired) electrons. The van der Waals surface area contributed by atoms with E-state index in [0.717, 1.165) is 11.3 Å². The average molecular weight is 390 g/mol. The monoisotopic (exact) mass is 391 g/mol. The normalized spacial score (nSPS) is 9.87. The van der Waals surface area contributed by atoms with E-state index >= 15 is 0 Å². The predicted molar refractivity (Wildman–Crippen MR) is 68.7 cm³/mol. The fourth-order valence-corrected chi connectivity index (χ4v) is 1.20. The van der Waals surface area contributed by atoms with Gasteiger partial charge in [-0.3, -0.25) is 4.99 Å². The number of rotatable bonds is 2. The molecule has 0 heterocycles. The van der Waals surface area contributed by atoms with Gasteiger partial charge in [0.2, 0.25) is 0 Å². The average Bonchev–Trinajstić information content (AvgIpc) is 2.29. The van der Waals surface area contributed by atoms with Crippen LogP contribution in [0.3, 0.4) is 0 Å². The molecule has 15 heavy (non-hydrogen) atoms. The zero-order valence-electron chi connectivity index (χ0n) is 8.51. The third kappa shape index (κ3) is 3.95. The summed E-state index contributed by atoms with van der Waals surface area (Å²) in [5, 5.41) is 0. The van der Waals surface area contributed by atoms with Crippen LogP contribution in [0, 0.1) is 0 Å². The molecule has 74 valence electrons. The van der Waals surface area contributed by atoms with Crippen molar-refractivity contribution in [2.75, 3.05) is 0 Å². The van der Waals surface area contributed by atoms with Crippen LogP contribution in [0.2, 0.25) is 0 Å². The zero-order valence-corrected chi connectivity index (χ0v) is 14.0. The van der Waals surface area contributed by atoms with Gasteiger partial charge in [-0.1, -0.05) is 48.5 Å². The van der Waals surface area contributed by atoms with E-state index in [-0.39, 0.29) is 27.3 Å². The Morgan fingerprint density at radius 2 is 1.27 bits per heavy atom. The van der Waals surface area contributed by atoms with Crippen LogP contribution in [-0.2, 0) is 0 Å². The van der Waals surface area contributed by atoms with Crippen molar-refractivity contribution in [1.82, 2.24) is 0 Å². The van der Waals surface area contributed by atoms with Crippen LogP contribution in [0.1, 0.15) is 5.56 Å². The molecule has 0 fully saturated rings. The molecule has 0 aliphatic heterocycles. The Morgan fingerprint density at radius 1 is 0.733 bits per heavy atom. The van der Waals surface area contributed by atoms with Crippen molar-refractivity contribution in [2.45, 2.75) is 0 Å². The van der Waals surface area contributed by atoms with Gasteiger partial charge in [0.05, 0.1) is 5.69 Å². The third-order valence-corrected chi connectivity index (χ3v) is 1.92. The first-order valence-corrected chi connectivity index (χ1v) is 4.59. The van der Waals surface area contributed by atoms with Crippen molar-refractivity contribution in [3.8, 4) is 0 Å². The van der Waals surface area contributed by atoms with Crippen LogP contribution < -0.4 is 0 Å². The fraction of sp³-hybridized carbons (Fsp3) is 0. The number of nitrogens with zero attached hydrogens (tertiary/aromatic N) is 1. The summed E-state index contributed by atoms with van der Waals surface area (Å²) in [6.45, 7) is 0. The van der Waals surface area contributed by atoms with Gasteiger partial charge in [-0.25, -0.2) is 0 Å². The van der Waals surface area contributed by atoms with Gasteiger partial charge in [-0.2, -0.15) is 0 Å². The number of hydrogen-bond acceptors (Lipinski definition) is 1. The van der Waals surface area contributed by atoms with E-state index in [1.54, 1.807) is 0 Å². The Morgan fingerprint density at radius 3 is 1.87 bits per heavy atom. The van der Waals surface area contributed by atoms with Crippen molar-refractivity contribution in [2.24, 2.45) is 4.99 Å². The van der Waals surface area contributed by atoms with Gasteiger partial charge in [0, 0.05) is 6.21 Å². The molecular weight excluding hydrogens is 377 g/mol. The molecule has 0 aromatic heterocycles. The molecule has 2 aromatic carbocycles. The predicted octanol–water partition coefficient (Wildman–Crippen LogP) is 2.52. The maximum absolute atomic E-state index is 4.35. The first-order chi connectivity index (χ1) is 6.95. The van der Waals surface area contributed by atoms with Crippen LogP contribution in [0.4, 0.5) is 5.69 Å². The molecule has 0 N–H and O–H groups in total. The fourth-order valence-electron chi connectivity index (χ4n) is 1.20. The van der Waals surface area contributed by atoms with Gasteiger partial charge in [0.15, 0.2) is 0 Å². The second-order valence-corrected chi connectivity index (χ2v) is 3.00. The van der Waals surface area contributed by atoms with Crippen molar-refractivity contribution in [1.29, 1.82) is 0 Å². The SMILES string of the molecule is C(=N\c1ccccc1)/c1ccccc1.[PbH2]. The second kappa shape index (κ2) is 6.50. The van der Waals surface area contributed by atoms with E-state index < -0.39 is 0 Å². The van der Waals surface area contributed by atoms with Crippen molar-refractivity contribution in [3.05, 3.63) is 66.2 Å². The summed E-state index contributed by atoms with van der Waals surface area (Å²) >= 11 is 0. The quantitative estimate of drug-likeness (QED) is 0.552. The number of hydrogen-bond donors (Lipinski definition) is 0. The molecule has 0 bridgehead atoms. The van der Waals surface area contributed by atoms with Crippen LogP contribution in [0.15, 0.2) is 65.7 Å². The summed E-state index contributed by atoms with van der Waals surface area (Å²) in [6, 6.07) is 20.0. The van der Waals surface area contributed by atoms with Crippen molar-refractivity contribution >= 4 is 39.2 Å². The minimum atomic E-state index is 0. The van der Waals surface area contributed by atoms with E-state index in [9.17, 15) is 0 Å². The molecule has 2 rings (SSSR count). The molecule has 2 aromatic rings. The number of benzene rings is 2. The van der Waals surface area contributed by atoms with E-state index in [4.69, 9.17) is 0 Å². The second-order valence-electron chi connectivity index (χ2n) is 3.00. The van der Waals surface area contributed by atoms with Crippen LogP contribution in [-0.4, -0.2) is 33.5 Å². The van der Waals surface area contributed by atoms with Crippen molar-refractivity contribution in [3.63, 3.8) is 0 Å². The van der Waals surface area contributed by atoms with Crippen molar-refractivity contribution < 1.29 is 0 Å². The summed E-state index contributed by atoms with van der Waals surface area (Å²) in [4.78, 5) is 4.35. The van der Waals surface area contributed by atoms with Gasteiger partial charge in [-0.05, 0) is 17.7 Å². The zero-order chi connectivity index (χ0) is 9.64. The molecule has 1 nitrogen and oxygen atoms in total. The van der Waals surface area contributed by atoms with Gasteiger partial charge in [0.1, 0.15) is 0 Å². The topological polar surface area (TPSA) is 12.4 Å². The van der Waals surface area contributed by atoms with E-state index in [2.05, 4.69) is 4.99 Å². The Kier molecular flexibility index (Phi) is 5.25. The van der Waals surface area contributed by atoms with Gasteiger partial charge in [0.25, 0.3) is 0 Å². The molecule has 2 heteroatoms. The molecule has 0 atom stereocenters. The third-order valence-electron chi connectivity index (χ3n) is 1.92. The summed E-state index contributed by atoms with van der Waals surface area (Å²) in [6.07, 6.45) is 1.87. The van der Waals surface area contributed by atoms with Crippen LogP contribution >= 0.6 is 0 Å². The van der Waals surface area contributed by atoms with Gasteiger partial charge in [-0.15, -0.1) is 0 Å². The first-order valence-electron chi connectivity index (χ1n) is 4.59. The molecule has 0 saturated carbocycles. The van der Waals surface area contributed by atoms with Gasteiger partial charge < -0.3 is 0 Å². The van der Waals surface area contributed by atoms with E-state index in [1.165, 1.54) is 0 Å². The standard InChI is InChI=1S/C13H11N.Pb.2H/c1-3-7-12(8-4-1)11-14-13-9-5-2-6-10-13;;;/h1-11H;;;/b14-11+;;;. The summed E-state index contributed by atoms with van der Waals surface area (Å²) in [5.74, 6) is 0. The first kappa shape index (κ1) is 12.1. The summed E-state index contributed by atoms with van der Waals surface area (Å²) < 4.78 is 0. The van der Waals surface area contributed by atoms with Gasteiger partial charge >= 0.3 is 27.3 Å². The molecule has 0 spiro atoms. The van der Waals surface area contributed by atoms with E-state index in [0.29, 0.717) is 0 Å². The van der Waals surface area contributed by atoms with Crippen LogP contribution in [0.25, 0.3) is 0 Å². The molecule has 0 aliphatic rings. The molecule has 0 aliphatic carbocycles. The number of para-hydroxylation sites is 1.